The number of hydrogen-bond donors (Lipinski definition) is 4. The molecule has 0 heterocycles. The van der Waals surface area contributed by atoms with Crippen LogP contribution in [0.25, 0.3) is 0 Å². The Morgan fingerprint density at radius 3 is 1.69 bits per heavy atom. The average Bonchev–Trinajstić information content (AvgIpc) is 2.83. The van der Waals surface area contributed by atoms with Gasteiger partial charge in [-0.2, -0.15) is 0 Å². The smallest absolute Gasteiger partial charge is 0.239 e. The predicted octanol–water partition coefficient (Wildman–Crippen LogP) is -0.444. The van der Waals surface area contributed by atoms with E-state index in [2.05, 4.69) is 21.3 Å². The molecule has 0 aliphatic rings. The third-order valence-electron chi connectivity index (χ3n) is 4.88. The SMILES string of the molecule is CC.CC(=O)CCNC(=O)CNC(=O)CNC(=O)CNC(=O)CCCN(C)C(=O)C(CC=O)C(C)C. The van der Waals surface area contributed by atoms with E-state index in [1.54, 1.807) is 7.05 Å². The van der Waals surface area contributed by atoms with Crippen molar-refractivity contribution in [3.63, 3.8) is 0 Å². The van der Waals surface area contributed by atoms with E-state index in [1.807, 2.05) is 27.7 Å². The van der Waals surface area contributed by atoms with Gasteiger partial charge in [-0.25, -0.2) is 0 Å². The van der Waals surface area contributed by atoms with Crippen LogP contribution >= 0.6 is 0 Å². The van der Waals surface area contributed by atoms with Gasteiger partial charge in [-0.1, -0.05) is 27.7 Å². The Morgan fingerprint density at radius 2 is 1.25 bits per heavy atom. The van der Waals surface area contributed by atoms with Crippen LogP contribution < -0.4 is 21.3 Å². The summed E-state index contributed by atoms with van der Waals surface area (Å²) < 4.78 is 0. The second kappa shape index (κ2) is 21.0. The topological polar surface area (TPSA) is 171 Å². The summed E-state index contributed by atoms with van der Waals surface area (Å²) in [6.45, 7) is 8.71. The summed E-state index contributed by atoms with van der Waals surface area (Å²) in [5, 5.41) is 9.54. The second-order valence-electron chi connectivity index (χ2n) is 8.25. The zero-order chi connectivity index (χ0) is 28.1. The first kappa shape index (κ1) is 34.9. The molecular formula is C24H43N5O7. The lowest BCUT2D eigenvalue weighted by molar-refractivity contribution is -0.137. The van der Waals surface area contributed by atoms with Crippen LogP contribution in [0.2, 0.25) is 0 Å². The molecule has 12 heteroatoms. The molecule has 1 unspecified atom stereocenters. The first-order chi connectivity index (χ1) is 17.0. The van der Waals surface area contributed by atoms with E-state index in [0.29, 0.717) is 13.0 Å². The quantitative estimate of drug-likeness (QED) is 0.191. The van der Waals surface area contributed by atoms with E-state index in [9.17, 15) is 33.6 Å². The van der Waals surface area contributed by atoms with Crippen LogP contribution in [0.15, 0.2) is 0 Å². The Hall–Kier alpha value is -3.31. The number of aldehydes is 1. The molecule has 0 rings (SSSR count). The standard InChI is InChI=1S/C22H37N5O7.C2H6/c1-15(2)17(8-11-28)22(34)27(4)10-5-6-18(30)24-13-20(32)26-14-21(33)25-12-19(31)23-9-7-16(3)29;1-2/h11,15,17H,5-10,12-14H2,1-4H3,(H,23,31)(H,24,30)(H,25,33)(H,26,32);1-2H3. The Kier molecular flexibility index (Phi) is 20.3. The highest BCUT2D eigenvalue weighted by Gasteiger charge is 2.24. The van der Waals surface area contributed by atoms with Crippen molar-refractivity contribution in [1.29, 1.82) is 0 Å². The highest BCUT2D eigenvalue weighted by molar-refractivity contribution is 5.90. The molecular weight excluding hydrogens is 470 g/mol. The minimum absolute atomic E-state index is 0.0268. The number of hydrogen-bond acceptors (Lipinski definition) is 7. The normalized spacial score (nSPS) is 10.8. The van der Waals surface area contributed by atoms with Crippen LogP contribution in [0.3, 0.4) is 0 Å². The molecule has 1 atom stereocenters. The molecule has 5 amide bonds. The Balaban J connectivity index is 0. The molecule has 0 saturated carbocycles. The Labute approximate surface area is 213 Å². The lowest BCUT2D eigenvalue weighted by atomic mass is 9.91. The zero-order valence-electron chi connectivity index (χ0n) is 22.4. The fourth-order valence-electron chi connectivity index (χ4n) is 2.82. The minimum Gasteiger partial charge on any atom is -0.354 e. The van der Waals surface area contributed by atoms with Gasteiger partial charge in [0.05, 0.1) is 19.6 Å². The fourth-order valence-corrected chi connectivity index (χ4v) is 2.82. The van der Waals surface area contributed by atoms with E-state index in [0.717, 1.165) is 6.29 Å². The van der Waals surface area contributed by atoms with Gasteiger partial charge in [-0.3, -0.25) is 28.8 Å². The molecule has 0 bridgehead atoms. The van der Waals surface area contributed by atoms with Crippen LogP contribution in [0.5, 0.6) is 0 Å². The van der Waals surface area contributed by atoms with Gasteiger partial charge in [-0.15, -0.1) is 0 Å². The van der Waals surface area contributed by atoms with Crippen LogP contribution in [-0.4, -0.2) is 86.3 Å². The first-order valence-corrected chi connectivity index (χ1v) is 12.2. The van der Waals surface area contributed by atoms with E-state index >= 15 is 0 Å². The van der Waals surface area contributed by atoms with Crippen molar-refractivity contribution < 1.29 is 33.6 Å². The maximum absolute atomic E-state index is 12.4. The molecule has 0 aromatic carbocycles. The molecule has 0 aliphatic carbocycles. The van der Waals surface area contributed by atoms with Crippen LogP contribution in [0.4, 0.5) is 0 Å². The van der Waals surface area contributed by atoms with Crippen molar-refractivity contribution in [3.05, 3.63) is 0 Å². The third kappa shape index (κ3) is 18.1. The number of nitrogens with one attached hydrogen (secondary N) is 4. The van der Waals surface area contributed by atoms with Gasteiger partial charge in [0.25, 0.3) is 0 Å². The summed E-state index contributed by atoms with van der Waals surface area (Å²) >= 11 is 0. The molecule has 0 aromatic rings. The van der Waals surface area contributed by atoms with Gasteiger partial charge in [0.15, 0.2) is 0 Å². The Morgan fingerprint density at radius 1 is 0.778 bits per heavy atom. The summed E-state index contributed by atoms with van der Waals surface area (Å²) in [4.78, 5) is 82.3. The van der Waals surface area contributed by atoms with Crippen molar-refractivity contribution >= 4 is 41.6 Å². The highest BCUT2D eigenvalue weighted by atomic mass is 16.2. The van der Waals surface area contributed by atoms with Crippen molar-refractivity contribution in [2.75, 3.05) is 39.8 Å². The number of rotatable bonds is 17. The molecule has 206 valence electrons. The summed E-state index contributed by atoms with van der Waals surface area (Å²) in [5.74, 6) is -2.56. The molecule has 4 N–H and O–H groups in total. The van der Waals surface area contributed by atoms with Gasteiger partial charge >= 0.3 is 0 Å². The number of Topliss-reactive ketones (excluding diaryl/α,β-unsaturated/α-hetero) is 1. The van der Waals surface area contributed by atoms with E-state index in [4.69, 9.17) is 0 Å². The minimum atomic E-state index is -0.580. The molecule has 0 aromatic heterocycles. The largest absolute Gasteiger partial charge is 0.354 e. The molecule has 36 heavy (non-hydrogen) atoms. The molecule has 0 saturated heterocycles. The van der Waals surface area contributed by atoms with E-state index in [1.165, 1.54) is 11.8 Å². The lowest BCUT2D eigenvalue weighted by Crippen LogP contribution is -2.44. The van der Waals surface area contributed by atoms with Gasteiger partial charge in [0.1, 0.15) is 12.1 Å². The number of amides is 5. The first-order valence-electron chi connectivity index (χ1n) is 12.2. The third-order valence-corrected chi connectivity index (χ3v) is 4.88. The van der Waals surface area contributed by atoms with E-state index < -0.39 is 23.6 Å². The lowest BCUT2D eigenvalue weighted by Gasteiger charge is -2.25. The molecule has 12 nitrogen and oxygen atoms in total. The van der Waals surface area contributed by atoms with Crippen LogP contribution in [0, 0.1) is 11.8 Å². The molecule has 0 aliphatic heterocycles. The van der Waals surface area contributed by atoms with Gasteiger partial charge in [0.2, 0.25) is 29.5 Å². The van der Waals surface area contributed by atoms with Crippen LogP contribution in [0.1, 0.15) is 60.3 Å². The summed E-state index contributed by atoms with van der Waals surface area (Å²) in [7, 11) is 1.62. The van der Waals surface area contributed by atoms with E-state index in [-0.39, 0.29) is 69.0 Å². The fraction of sp³-hybridized carbons (Fsp3) is 0.708. The van der Waals surface area contributed by atoms with Crippen molar-refractivity contribution in [2.45, 2.75) is 60.3 Å². The molecule has 0 fully saturated rings. The van der Waals surface area contributed by atoms with Gasteiger partial charge in [-0.05, 0) is 19.3 Å². The van der Waals surface area contributed by atoms with Gasteiger partial charge < -0.3 is 31.0 Å². The van der Waals surface area contributed by atoms with Gasteiger partial charge in [0, 0.05) is 45.3 Å². The number of carbonyl (C=O) groups is 7. The average molecular weight is 514 g/mol. The number of carbonyl (C=O) groups excluding carboxylic acids is 7. The Bertz CT molecular complexity index is 740. The summed E-state index contributed by atoms with van der Waals surface area (Å²) in [6.07, 6.45) is 1.58. The van der Waals surface area contributed by atoms with Crippen molar-refractivity contribution in [1.82, 2.24) is 26.2 Å². The predicted molar refractivity (Wildman–Crippen MR) is 135 cm³/mol. The maximum Gasteiger partial charge on any atom is 0.239 e. The van der Waals surface area contributed by atoms with Crippen molar-refractivity contribution in [2.24, 2.45) is 11.8 Å². The number of ketones is 1. The van der Waals surface area contributed by atoms with Crippen LogP contribution in [-0.2, 0) is 33.6 Å². The molecule has 0 spiro atoms. The second-order valence-corrected chi connectivity index (χ2v) is 8.25. The van der Waals surface area contributed by atoms with Crippen molar-refractivity contribution in [3.8, 4) is 0 Å². The summed E-state index contributed by atoms with van der Waals surface area (Å²) in [6, 6.07) is 0. The summed E-state index contributed by atoms with van der Waals surface area (Å²) in [5.41, 5.74) is 0. The maximum atomic E-state index is 12.4. The molecule has 0 radical (unpaired) electrons. The highest BCUT2D eigenvalue weighted by Crippen LogP contribution is 2.17. The monoisotopic (exact) mass is 513 g/mol. The number of nitrogens with zero attached hydrogens (tertiary/aromatic N) is 1. The zero-order valence-corrected chi connectivity index (χ0v) is 22.4.